The van der Waals surface area contributed by atoms with Crippen LogP contribution in [0.4, 0.5) is 4.79 Å². The number of hydrogen-bond donors (Lipinski definition) is 0. The molecule has 536 valence electrons. The molecule has 0 radical (unpaired) electrons. The molecule has 0 spiro atoms. The van der Waals surface area contributed by atoms with Gasteiger partial charge >= 0.3 is 42.0 Å². The summed E-state index contributed by atoms with van der Waals surface area (Å²) in [6.07, 6.45) is 31.5. The fourth-order valence-electron chi connectivity index (χ4n) is 15.1. The molecule has 5 saturated carbocycles. The number of hydrogen-bond acceptors (Lipinski definition) is 20. The minimum atomic E-state index is -0.900. The van der Waals surface area contributed by atoms with E-state index in [9.17, 15) is 33.6 Å². The Kier molecular flexibility index (Phi) is 40.9. The summed E-state index contributed by atoms with van der Waals surface area (Å²) in [6, 6.07) is 0. The average Bonchev–Trinajstić information content (AvgIpc) is 1.40. The van der Waals surface area contributed by atoms with E-state index < -0.39 is 11.6 Å². The van der Waals surface area contributed by atoms with Gasteiger partial charge in [0.2, 0.25) is 0 Å². The smallest absolute Gasteiger partial charge is 0.469 e. The van der Waals surface area contributed by atoms with Crippen molar-refractivity contribution in [2.24, 2.45) is 70.5 Å². The van der Waals surface area contributed by atoms with E-state index in [0.29, 0.717) is 139 Å². The molecular weight excluding hydrogens is 1200 g/mol. The Morgan fingerprint density at radius 1 is 0.344 bits per heavy atom. The minimum absolute atomic E-state index is 0.0419. The van der Waals surface area contributed by atoms with Crippen LogP contribution in [0.2, 0.25) is 0 Å². The largest absolute Gasteiger partial charge is 0.508 e. The molecule has 5 aliphatic rings. The number of rotatable bonds is 47. The molecule has 5 fully saturated rings. The molecule has 0 heterocycles. The van der Waals surface area contributed by atoms with Crippen LogP contribution in [0.3, 0.4) is 0 Å². The van der Waals surface area contributed by atoms with Crippen molar-refractivity contribution in [2.45, 2.75) is 232 Å². The van der Waals surface area contributed by atoms with Crippen molar-refractivity contribution < 1.29 is 95.1 Å². The molecule has 0 saturated heterocycles. The van der Waals surface area contributed by atoms with E-state index >= 15 is 0 Å². The number of unbranched alkanes of at least 4 members (excludes halogenated alkanes) is 1. The van der Waals surface area contributed by atoms with Crippen LogP contribution in [0.15, 0.2) is 0 Å². The highest BCUT2D eigenvalue weighted by atomic mass is 16.7. The molecule has 93 heavy (non-hydrogen) atoms. The van der Waals surface area contributed by atoms with Crippen molar-refractivity contribution in [3.63, 3.8) is 0 Å². The van der Waals surface area contributed by atoms with Gasteiger partial charge in [-0.05, 0) is 155 Å². The summed E-state index contributed by atoms with van der Waals surface area (Å²) in [5, 5.41) is 0. The zero-order chi connectivity index (χ0) is 66.7. The first kappa shape index (κ1) is 79.6. The lowest BCUT2D eigenvalue weighted by Gasteiger charge is -2.34. The highest BCUT2D eigenvalue weighted by Gasteiger charge is 2.36. The average molecular weight is 1320 g/mol. The van der Waals surface area contributed by atoms with Crippen LogP contribution >= 0.6 is 0 Å². The van der Waals surface area contributed by atoms with Crippen molar-refractivity contribution in [2.75, 3.05) is 120 Å². The molecule has 0 aromatic heterocycles. The molecule has 0 aromatic carbocycles. The summed E-state index contributed by atoms with van der Waals surface area (Å²) >= 11 is 0. The van der Waals surface area contributed by atoms with Gasteiger partial charge in [-0.15, -0.1) is 0 Å². The van der Waals surface area contributed by atoms with Gasteiger partial charge in [-0.3, -0.25) is 28.8 Å². The van der Waals surface area contributed by atoms with Crippen LogP contribution in [0.1, 0.15) is 232 Å². The first-order chi connectivity index (χ1) is 45.2. The van der Waals surface area contributed by atoms with Gasteiger partial charge in [-0.1, -0.05) is 104 Å². The minimum Gasteiger partial charge on any atom is -0.469 e. The number of ether oxygens (including phenoxy) is 13. The second kappa shape index (κ2) is 47.7. The van der Waals surface area contributed by atoms with Gasteiger partial charge in [0.25, 0.3) is 0 Å². The molecule has 2 unspecified atom stereocenters. The monoisotopic (exact) mass is 1320 g/mol. The fourth-order valence-corrected chi connectivity index (χ4v) is 15.1. The van der Waals surface area contributed by atoms with Crippen LogP contribution < -0.4 is 0 Å². The highest BCUT2D eigenvalue weighted by molar-refractivity contribution is 5.71. The molecule has 0 amide bonds. The molecule has 0 aliphatic heterocycles. The standard InChI is InChI=1S/C73H124O20/c1-6-55(10-8-9-11-56-12-14-61(15-13-56)47-66(74)82-4)46-70(78)92-53-73(7-2,52-87-39-38-86-37-36-85-35-34-84-33-32-81-3)54-93-71(79)51-65-30-22-60(23-31-65)45-59-20-28-64(29-21-59)50-69(77)89-41-43-91-72(80)90-42-40-88-68(76)49-63-26-18-58(19-27-63)44-57-16-24-62(25-17-57)48-67(75)83-5/h55-65H,6-54H2,1-5H3. The second-order valence-electron chi connectivity index (χ2n) is 28.3. The van der Waals surface area contributed by atoms with Crippen LogP contribution in [-0.4, -0.2) is 162 Å². The molecule has 20 heteroatoms. The van der Waals surface area contributed by atoms with E-state index in [4.69, 9.17) is 61.6 Å². The van der Waals surface area contributed by atoms with E-state index in [1.165, 1.54) is 59.2 Å². The maximum atomic E-state index is 13.5. The number of carbonyl (C=O) groups excluding carboxylic acids is 7. The Morgan fingerprint density at radius 2 is 0.677 bits per heavy atom. The van der Waals surface area contributed by atoms with Gasteiger partial charge in [-0.2, -0.15) is 0 Å². The Bertz CT molecular complexity index is 2050. The molecular formula is C73H124O20. The molecule has 0 bridgehead atoms. The summed E-state index contributed by atoms with van der Waals surface area (Å²) in [4.78, 5) is 87.7. The molecule has 0 aromatic rings. The summed E-state index contributed by atoms with van der Waals surface area (Å²) in [5.41, 5.74) is -0.709. The van der Waals surface area contributed by atoms with Crippen molar-refractivity contribution in [1.82, 2.24) is 0 Å². The van der Waals surface area contributed by atoms with Gasteiger partial charge in [0.15, 0.2) is 0 Å². The van der Waals surface area contributed by atoms with Gasteiger partial charge in [0.05, 0.1) is 79.1 Å². The summed E-state index contributed by atoms with van der Waals surface area (Å²) < 4.78 is 70.6. The molecule has 5 rings (SSSR count). The summed E-state index contributed by atoms with van der Waals surface area (Å²) in [6.45, 7) is 7.84. The molecule has 5 aliphatic carbocycles. The van der Waals surface area contributed by atoms with Gasteiger partial charge < -0.3 is 61.6 Å². The lowest BCUT2D eigenvalue weighted by molar-refractivity contribution is -0.160. The number of esters is 6. The SMILES string of the molecule is CCC(CCCCC1CCC(CC(=O)OC)CC1)CC(=O)OCC(CC)(COCCOCCOCCOCCOC)COC(=O)CC1CCC(CC2CCC(CC(=O)OCCOC(=O)OCCOC(=O)CC3CCC(CC4CCC(CC(=O)OC)CC4)CC3)CC2)CC1. The summed E-state index contributed by atoms with van der Waals surface area (Å²) in [5.74, 6) is 4.09. The Hall–Kier alpha value is -4.11. The highest BCUT2D eigenvalue weighted by Crippen LogP contribution is 2.42. The Morgan fingerprint density at radius 3 is 1.05 bits per heavy atom. The third-order valence-corrected chi connectivity index (χ3v) is 21.3. The van der Waals surface area contributed by atoms with Crippen molar-refractivity contribution in [3.8, 4) is 0 Å². The number of methoxy groups -OCH3 is 3. The topological polar surface area (TPSA) is 239 Å². The molecule has 20 nitrogen and oxygen atoms in total. The third-order valence-electron chi connectivity index (χ3n) is 21.3. The summed E-state index contributed by atoms with van der Waals surface area (Å²) in [7, 11) is 4.55. The third kappa shape index (κ3) is 35.1. The van der Waals surface area contributed by atoms with E-state index in [0.717, 1.165) is 134 Å². The van der Waals surface area contributed by atoms with Gasteiger partial charge in [0.1, 0.15) is 39.6 Å². The maximum Gasteiger partial charge on any atom is 0.508 e. The Labute approximate surface area is 558 Å². The second-order valence-corrected chi connectivity index (χ2v) is 28.3. The van der Waals surface area contributed by atoms with E-state index in [1.807, 2.05) is 6.92 Å². The first-order valence-corrected chi connectivity index (χ1v) is 36.5. The van der Waals surface area contributed by atoms with Crippen LogP contribution in [0, 0.1) is 70.5 Å². The van der Waals surface area contributed by atoms with E-state index in [1.54, 1.807) is 7.11 Å². The fraction of sp³-hybridized carbons (Fsp3) is 0.904. The zero-order valence-electron chi connectivity index (χ0n) is 58.2. The quantitative estimate of drug-likeness (QED) is 0.0312. The molecule has 0 N–H and O–H groups in total. The maximum absolute atomic E-state index is 13.5. The number of carbonyl (C=O) groups is 7. The van der Waals surface area contributed by atoms with E-state index in [-0.39, 0.29) is 99.8 Å². The van der Waals surface area contributed by atoms with Crippen molar-refractivity contribution >= 4 is 42.0 Å². The van der Waals surface area contributed by atoms with Crippen LogP contribution in [-0.2, 0) is 90.3 Å². The van der Waals surface area contributed by atoms with E-state index in [2.05, 4.69) is 6.92 Å². The van der Waals surface area contributed by atoms with Crippen molar-refractivity contribution in [3.05, 3.63) is 0 Å². The lowest BCUT2D eigenvalue weighted by atomic mass is 9.72. The first-order valence-electron chi connectivity index (χ1n) is 36.5. The van der Waals surface area contributed by atoms with Crippen LogP contribution in [0.25, 0.3) is 0 Å². The lowest BCUT2D eigenvalue weighted by Crippen LogP contribution is -2.39. The predicted octanol–water partition coefficient (Wildman–Crippen LogP) is 13.5. The van der Waals surface area contributed by atoms with Crippen LogP contribution in [0.5, 0.6) is 0 Å². The predicted molar refractivity (Wildman–Crippen MR) is 349 cm³/mol. The molecule has 2 atom stereocenters. The van der Waals surface area contributed by atoms with Gasteiger partial charge in [0, 0.05) is 45.6 Å². The Balaban J connectivity index is 0.891. The van der Waals surface area contributed by atoms with Crippen molar-refractivity contribution in [1.29, 1.82) is 0 Å². The van der Waals surface area contributed by atoms with Gasteiger partial charge in [-0.25, -0.2) is 4.79 Å². The zero-order valence-corrected chi connectivity index (χ0v) is 58.2. The normalized spacial score (nSPS) is 25.1.